The Bertz CT molecular complexity index is 219. The van der Waals surface area contributed by atoms with E-state index in [1.165, 1.54) is 6.08 Å². The van der Waals surface area contributed by atoms with Crippen LogP contribution in [0.2, 0.25) is 0 Å². The van der Waals surface area contributed by atoms with Gasteiger partial charge in [0.15, 0.2) is 0 Å². The molecule has 0 saturated carbocycles. The van der Waals surface area contributed by atoms with E-state index >= 15 is 0 Å². The zero-order chi connectivity index (χ0) is 11.4. The third kappa shape index (κ3) is 6.70. The lowest BCUT2D eigenvalue weighted by atomic mass is 9.84. The summed E-state index contributed by atoms with van der Waals surface area (Å²) < 4.78 is 5.33. The van der Waals surface area contributed by atoms with Crippen LogP contribution >= 0.6 is 0 Å². The van der Waals surface area contributed by atoms with Crippen molar-refractivity contribution < 1.29 is 9.53 Å². The highest BCUT2D eigenvalue weighted by molar-refractivity contribution is 5.82. The normalized spacial score (nSPS) is 13.3. The largest absolute Gasteiger partial charge is 0.456 e. The van der Waals surface area contributed by atoms with Crippen LogP contribution < -0.4 is 0 Å². The number of hydrogen-bond acceptors (Lipinski definition) is 2. The van der Waals surface area contributed by atoms with Gasteiger partial charge in [-0.2, -0.15) is 0 Å². The summed E-state index contributed by atoms with van der Waals surface area (Å²) in [6, 6.07) is 0. The second-order valence-corrected chi connectivity index (χ2v) is 5.42. The SMILES string of the molecule is C/C=C/C(=O)OC(C)(C)CC(C)(C)C. The maximum Gasteiger partial charge on any atom is 0.330 e. The second-order valence-electron chi connectivity index (χ2n) is 5.42. The molecule has 0 aromatic carbocycles. The summed E-state index contributed by atoms with van der Waals surface area (Å²) in [7, 11) is 0. The summed E-state index contributed by atoms with van der Waals surface area (Å²) in [6.07, 6.45) is 3.99. The van der Waals surface area contributed by atoms with Gasteiger partial charge in [-0.25, -0.2) is 4.79 Å². The van der Waals surface area contributed by atoms with Crippen LogP contribution in [0, 0.1) is 5.41 Å². The number of allylic oxidation sites excluding steroid dienone is 1. The molecule has 0 heterocycles. The molecule has 0 aliphatic carbocycles. The van der Waals surface area contributed by atoms with Gasteiger partial charge in [0, 0.05) is 6.08 Å². The Morgan fingerprint density at radius 1 is 1.21 bits per heavy atom. The molecule has 82 valence electrons. The highest BCUT2D eigenvalue weighted by Crippen LogP contribution is 2.29. The average Bonchev–Trinajstić information content (AvgIpc) is 1.78. The minimum absolute atomic E-state index is 0.166. The Balaban J connectivity index is 4.27. The Kier molecular flexibility index (Phi) is 4.37. The fourth-order valence-corrected chi connectivity index (χ4v) is 1.76. The smallest absolute Gasteiger partial charge is 0.330 e. The van der Waals surface area contributed by atoms with E-state index in [1.807, 2.05) is 13.8 Å². The van der Waals surface area contributed by atoms with E-state index in [4.69, 9.17) is 4.74 Å². The fourth-order valence-electron chi connectivity index (χ4n) is 1.76. The third-order valence-electron chi connectivity index (χ3n) is 1.64. The number of rotatable bonds is 3. The van der Waals surface area contributed by atoms with Crippen molar-refractivity contribution in [2.75, 3.05) is 0 Å². The van der Waals surface area contributed by atoms with Crippen LogP contribution in [0.5, 0.6) is 0 Å². The molecule has 0 spiro atoms. The number of esters is 1. The lowest BCUT2D eigenvalue weighted by molar-refractivity contribution is -0.152. The molecule has 2 heteroatoms. The van der Waals surface area contributed by atoms with Crippen molar-refractivity contribution in [3.8, 4) is 0 Å². The third-order valence-corrected chi connectivity index (χ3v) is 1.64. The monoisotopic (exact) mass is 198 g/mol. The van der Waals surface area contributed by atoms with Crippen LogP contribution in [0.1, 0.15) is 48.0 Å². The molecule has 0 N–H and O–H groups in total. The first kappa shape index (κ1) is 13.2. The Hall–Kier alpha value is -0.790. The van der Waals surface area contributed by atoms with Crippen LogP contribution in [0.15, 0.2) is 12.2 Å². The van der Waals surface area contributed by atoms with Crippen molar-refractivity contribution in [3.05, 3.63) is 12.2 Å². The van der Waals surface area contributed by atoms with Gasteiger partial charge in [0.1, 0.15) is 5.60 Å². The summed E-state index contributed by atoms with van der Waals surface area (Å²) in [5.41, 5.74) is -0.228. The molecule has 14 heavy (non-hydrogen) atoms. The quantitative estimate of drug-likeness (QED) is 0.513. The van der Waals surface area contributed by atoms with Gasteiger partial charge in [0.25, 0.3) is 0 Å². The molecular weight excluding hydrogens is 176 g/mol. The van der Waals surface area contributed by atoms with Crippen molar-refractivity contribution in [3.63, 3.8) is 0 Å². The van der Waals surface area contributed by atoms with Gasteiger partial charge in [-0.3, -0.25) is 0 Å². The lowest BCUT2D eigenvalue weighted by Gasteiger charge is -2.31. The maximum absolute atomic E-state index is 11.2. The van der Waals surface area contributed by atoms with Crippen LogP contribution in [-0.2, 0) is 9.53 Å². The van der Waals surface area contributed by atoms with Crippen molar-refractivity contribution in [2.24, 2.45) is 5.41 Å². The average molecular weight is 198 g/mol. The molecule has 0 aliphatic rings. The molecule has 0 atom stereocenters. The first-order chi connectivity index (χ1) is 6.16. The molecule has 0 aromatic rings. The number of carbonyl (C=O) groups excluding carboxylic acids is 1. The van der Waals surface area contributed by atoms with E-state index in [0.29, 0.717) is 0 Å². The summed E-state index contributed by atoms with van der Waals surface area (Å²) in [4.78, 5) is 11.2. The number of hydrogen-bond donors (Lipinski definition) is 0. The zero-order valence-corrected chi connectivity index (χ0v) is 10.2. The molecule has 0 amide bonds. The first-order valence-corrected chi connectivity index (χ1v) is 5.02. The van der Waals surface area contributed by atoms with Crippen LogP contribution in [0.25, 0.3) is 0 Å². The van der Waals surface area contributed by atoms with Crippen molar-refractivity contribution >= 4 is 5.97 Å². The van der Waals surface area contributed by atoms with Gasteiger partial charge in [-0.15, -0.1) is 0 Å². The number of carbonyl (C=O) groups is 1. The molecule has 0 fully saturated rings. The topological polar surface area (TPSA) is 26.3 Å². The van der Waals surface area contributed by atoms with Crippen LogP contribution in [0.4, 0.5) is 0 Å². The number of ether oxygens (including phenoxy) is 1. The van der Waals surface area contributed by atoms with Gasteiger partial charge >= 0.3 is 5.97 Å². The Labute approximate surface area is 87.3 Å². The predicted molar refractivity (Wildman–Crippen MR) is 59.1 cm³/mol. The minimum atomic E-state index is -0.394. The highest BCUT2D eigenvalue weighted by Gasteiger charge is 2.28. The lowest BCUT2D eigenvalue weighted by Crippen LogP contribution is -2.32. The summed E-state index contributed by atoms with van der Waals surface area (Å²) in [6.45, 7) is 12.1. The zero-order valence-electron chi connectivity index (χ0n) is 10.2. The van der Waals surface area contributed by atoms with Gasteiger partial charge in [-0.05, 0) is 32.6 Å². The molecular formula is C12H22O2. The summed E-state index contributed by atoms with van der Waals surface area (Å²) in [5.74, 6) is -0.262. The van der Waals surface area contributed by atoms with E-state index in [0.717, 1.165) is 6.42 Å². The van der Waals surface area contributed by atoms with Gasteiger partial charge in [0.2, 0.25) is 0 Å². The fraction of sp³-hybridized carbons (Fsp3) is 0.750. The van der Waals surface area contributed by atoms with E-state index < -0.39 is 5.60 Å². The van der Waals surface area contributed by atoms with Crippen molar-refractivity contribution in [1.82, 2.24) is 0 Å². The molecule has 0 aromatic heterocycles. The standard InChI is InChI=1S/C12H22O2/c1-7-8-10(13)14-12(5,6)9-11(2,3)4/h7-8H,9H2,1-6H3/b8-7+. The van der Waals surface area contributed by atoms with E-state index in [1.54, 1.807) is 13.0 Å². The van der Waals surface area contributed by atoms with Gasteiger partial charge in [0.05, 0.1) is 0 Å². The maximum atomic E-state index is 11.2. The van der Waals surface area contributed by atoms with E-state index in [2.05, 4.69) is 20.8 Å². The Morgan fingerprint density at radius 2 is 1.71 bits per heavy atom. The van der Waals surface area contributed by atoms with E-state index in [-0.39, 0.29) is 11.4 Å². The van der Waals surface area contributed by atoms with Crippen LogP contribution in [0.3, 0.4) is 0 Å². The highest BCUT2D eigenvalue weighted by atomic mass is 16.6. The molecule has 0 bridgehead atoms. The minimum Gasteiger partial charge on any atom is -0.456 e. The Morgan fingerprint density at radius 3 is 2.07 bits per heavy atom. The van der Waals surface area contributed by atoms with Gasteiger partial charge < -0.3 is 4.74 Å². The summed E-state index contributed by atoms with van der Waals surface area (Å²) >= 11 is 0. The van der Waals surface area contributed by atoms with Crippen molar-refractivity contribution in [1.29, 1.82) is 0 Å². The van der Waals surface area contributed by atoms with E-state index in [9.17, 15) is 4.79 Å². The molecule has 0 rings (SSSR count). The molecule has 0 saturated heterocycles. The van der Waals surface area contributed by atoms with Crippen molar-refractivity contribution in [2.45, 2.75) is 53.6 Å². The predicted octanol–water partition coefficient (Wildman–Crippen LogP) is 3.32. The van der Waals surface area contributed by atoms with Gasteiger partial charge in [-0.1, -0.05) is 26.8 Å². The first-order valence-electron chi connectivity index (χ1n) is 5.02. The molecule has 2 nitrogen and oxygen atoms in total. The molecule has 0 unspecified atom stereocenters. The summed E-state index contributed by atoms with van der Waals surface area (Å²) in [5, 5.41) is 0. The molecule has 0 radical (unpaired) electrons. The van der Waals surface area contributed by atoms with Crippen LogP contribution in [-0.4, -0.2) is 11.6 Å². The second kappa shape index (κ2) is 4.63. The molecule has 0 aliphatic heterocycles.